The highest BCUT2D eigenvalue weighted by molar-refractivity contribution is 6.55. The van der Waals surface area contributed by atoms with Gasteiger partial charge in [0.1, 0.15) is 4.49 Å². The lowest BCUT2D eigenvalue weighted by molar-refractivity contribution is -0.138. The topological polar surface area (TPSA) is 29.1 Å². The molecule has 0 bridgehead atoms. The van der Waals surface area contributed by atoms with Crippen LogP contribution in [0, 0.1) is 17.3 Å². The van der Waals surface area contributed by atoms with Crippen LogP contribution in [0.25, 0.3) is 0 Å². The Kier molecular flexibility index (Phi) is 5.02. The molecule has 1 N–H and O–H groups in total. The summed E-state index contributed by atoms with van der Waals surface area (Å²) >= 11 is 11.2. The number of benzene rings is 1. The van der Waals surface area contributed by atoms with E-state index in [0.717, 1.165) is 6.07 Å². The Morgan fingerprint density at radius 3 is 2.48 bits per heavy atom. The fraction of sp³-hybridized carbons (Fsp3) is 0.438. The van der Waals surface area contributed by atoms with Gasteiger partial charge in [0.05, 0.1) is 11.5 Å². The van der Waals surface area contributed by atoms with Gasteiger partial charge in [-0.1, -0.05) is 55.2 Å². The van der Waals surface area contributed by atoms with Gasteiger partial charge in [0, 0.05) is 6.54 Å². The van der Waals surface area contributed by atoms with Gasteiger partial charge in [0.25, 0.3) is 0 Å². The molecule has 2 rings (SSSR count). The summed E-state index contributed by atoms with van der Waals surface area (Å²) in [4.78, 5) is 12.2. The van der Waals surface area contributed by atoms with Crippen molar-refractivity contribution in [3.63, 3.8) is 0 Å². The molecule has 2 atom stereocenters. The molecule has 1 aromatic rings. The lowest BCUT2D eigenvalue weighted by Crippen LogP contribution is -2.27. The zero-order chi connectivity index (χ0) is 17.4. The summed E-state index contributed by atoms with van der Waals surface area (Å²) in [5, 5.41) is 2.58. The fourth-order valence-corrected chi connectivity index (χ4v) is 3.14. The summed E-state index contributed by atoms with van der Waals surface area (Å²) in [6.45, 7) is 3.60. The van der Waals surface area contributed by atoms with Crippen molar-refractivity contribution in [2.75, 3.05) is 0 Å². The molecule has 0 spiro atoms. The standard InChI is InChI=1S/C16H16Cl2F3NO/c1-15(2)11(7-12(17)18)13(15)14(23)22-8-9-5-3-4-6-10(9)16(19,20)21/h3-7,11,13H,8H2,1-2H3,(H,22,23)/t11-,13-/m1/s1. The second-order valence-electron chi connectivity index (χ2n) is 6.15. The molecule has 1 amide bonds. The molecule has 23 heavy (non-hydrogen) atoms. The van der Waals surface area contributed by atoms with Gasteiger partial charge in [-0.2, -0.15) is 13.2 Å². The Hall–Kier alpha value is -1.20. The summed E-state index contributed by atoms with van der Waals surface area (Å²) in [6, 6.07) is 5.19. The zero-order valence-corrected chi connectivity index (χ0v) is 14.1. The molecule has 0 saturated heterocycles. The van der Waals surface area contributed by atoms with Crippen LogP contribution in [0.1, 0.15) is 25.0 Å². The van der Waals surface area contributed by atoms with Crippen molar-refractivity contribution >= 4 is 29.1 Å². The lowest BCUT2D eigenvalue weighted by atomic mass is 10.1. The van der Waals surface area contributed by atoms with Crippen molar-refractivity contribution in [2.24, 2.45) is 17.3 Å². The van der Waals surface area contributed by atoms with E-state index in [1.807, 2.05) is 13.8 Å². The minimum atomic E-state index is -4.45. The molecule has 0 radical (unpaired) electrons. The lowest BCUT2D eigenvalue weighted by Gasteiger charge is -2.13. The van der Waals surface area contributed by atoms with Gasteiger partial charge in [-0.05, 0) is 29.0 Å². The molecule has 1 aromatic carbocycles. The summed E-state index contributed by atoms with van der Waals surface area (Å²) in [5.74, 6) is -0.777. The summed E-state index contributed by atoms with van der Waals surface area (Å²) in [6.07, 6.45) is -2.85. The fourth-order valence-electron chi connectivity index (χ4n) is 2.87. The highest BCUT2D eigenvalue weighted by Gasteiger charge is 2.60. The smallest absolute Gasteiger partial charge is 0.352 e. The molecular formula is C16H16Cl2F3NO. The van der Waals surface area contributed by atoms with Crippen LogP contribution in [0.4, 0.5) is 13.2 Å². The minimum absolute atomic E-state index is 0.0364. The van der Waals surface area contributed by atoms with E-state index in [2.05, 4.69) is 5.32 Å². The number of carbonyl (C=O) groups is 1. The third-order valence-electron chi connectivity index (χ3n) is 4.27. The molecule has 1 saturated carbocycles. The first kappa shape index (κ1) is 18.1. The number of alkyl halides is 3. The normalized spacial score (nSPS) is 22.4. The third-order valence-corrected chi connectivity index (χ3v) is 4.53. The first-order valence-electron chi connectivity index (χ1n) is 7.00. The minimum Gasteiger partial charge on any atom is -0.352 e. The van der Waals surface area contributed by atoms with E-state index < -0.39 is 11.7 Å². The number of hydrogen-bond acceptors (Lipinski definition) is 1. The predicted molar refractivity (Wildman–Crippen MR) is 83.8 cm³/mol. The SMILES string of the molecule is CC1(C)[C@H](C=C(Cl)Cl)[C@@H]1C(=O)NCc1ccccc1C(F)(F)F. The quantitative estimate of drug-likeness (QED) is 0.806. The van der Waals surface area contributed by atoms with E-state index in [4.69, 9.17) is 23.2 Å². The van der Waals surface area contributed by atoms with Crippen molar-refractivity contribution in [3.05, 3.63) is 46.0 Å². The number of carbonyl (C=O) groups excluding carboxylic acids is 1. The maximum atomic E-state index is 12.9. The molecule has 7 heteroatoms. The molecule has 126 valence electrons. The summed E-state index contributed by atoms with van der Waals surface area (Å²) < 4.78 is 38.9. The van der Waals surface area contributed by atoms with E-state index in [1.54, 1.807) is 6.08 Å². The average molecular weight is 366 g/mol. The van der Waals surface area contributed by atoms with Crippen LogP contribution in [0.5, 0.6) is 0 Å². The molecule has 0 heterocycles. The van der Waals surface area contributed by atoms with Gasteiger partial charge >= 0.3 is 6.18 Å². The van der Waals surface area contributed by atoms with Crippen molar-refractivity contribution in [3.8, 4) is 0 Å². The number of amides is 1. The number of nitrogens with one attached hydrogen (secondary N) is 1. The van der Waals surface area contributed by atoms with Crippen LogP contribution in [0.3, 0.4) is 0 Å². The maximum absolute atomic E-state index is 12.9. The van der Waals surface area contributed by atoms with Gasteiger partial charge in [0.2, 0.25) is 5.91 Å². The Bertz CT molecular complexity index is 636. The number of hydrogen-bond donors (Lipinski definition) is 1. The zero-order valence-electron chi connectivity index (χ0n) is 12.5. The first-order valence-corrected chi connectivity index (χ1v) is 7.76. The van der Waals surface area contributed by atoms with E-state index in [1.165, 1.54) is 18.2 Å². The van der Waals surface area contributed by atoms with E-state index in [-0.39, 0.29) is 39.8 Å². The Morgan fingerprint density at radius 1 is 1.30 bits per heavy atom. The third kappa shape index (κ3) is 4.01. The van der Waals surface area contributed by atoms with Gasteiger partial charge in [-0.3, -0.25) is 4.79 Å². The van der Waals surface area contributed by atoms with Crippen LogP contribution in [0.2, 0.25) is 0 Å². The van der Waals surface area contributed by atoms with Crippen LogP contribution in [-0.4, -0.2) is 5.91 Å². The molecule has 0 aliphatic heterocycles. The van der Waals surface area contributed by atoms with Crippen LogP contribution in [0.15, 0.2) is 34.8 Å². The number of rotatable bonds is 4. The second-order valence-corrected chi connectivity index (χ2v) is 7.16. The summed E-state index contributed by atoms with van der Waals surface area (Å²) in [7, 11) is 0. The van der Waals surface area contributed by atoms with Crippen LogP contribution < -0.4 is 5.32 Å². The largest absolute Gasteiger partial charge is 0.416 e. The monoisotopic (exact) mass is 365 g/mol. The van der Waals surface area contributed by atoms with E-state index in [9.17, 15) is 18.0 Å². The molecular weight excluding hydrogens is 350 g/mol. The van der Waals surface area contributed by atoms with E-state index in [0.29, 0.717) is 0 Å². The van der Waals surface area contributed by atoms with Crippen molar-refractivity contribution in [2.45, 2.75) is 26.6 Å². The van der Waals surface area contributed by atoms with Gasteiger partial charge in [-0.15, -0.1) is 0 Å². The first-order chi connectivity index (χ1) is 10.5. The molecule has 1 aliphatic carbocycles. The Balaban J connectivity index is 2.06. The summed E-state index contributed by atoms with van der Waals surface area (Å²) in [5.41, 5.74) is -1.02. The highest BCUT2D eigenvalue weighted by atomic mass is 35.5. The molecule has 0 unspecified atom stereocenters. The van der Waals surface area contributed by atoms with Crippen LogP contribution >= 0.6 is 23.2 Å². The molecule has 1 aliphatic rings. The van der Waals surface area contributed by atoms with Crippen molar-refractivity contribution < 1.29 is 18.0 Å². The van der Waals surface area contributed by atoms with E-state index >= 15 is 0 Å². The highest BCUT2D eigenvalue weighted by Crippen LogP contribution is 2.59. The Labute approximate surface area is 142 Å². The van der Waals surface area contributed by atoms with Gasteiger partial charge < -0.3 is 5.32 Å². The number of allylic oxidation sites excluding steroid dienone is 1. The molecule has 1 fully saturated rings. The molecule has 2 nitrogen and oxygen atoms in total. The number of halogens is 5. The van der Waals surface area contributed by atoms with Gasteiger partial charge in [0.15, 0.2) is 0 Å². The maximum Gasteiger partial charge on any atom is 0.416 e. The van der Waals surface area contributed by atoms with Gasteiger partial charge in [-0.25, -0.2) is 0 Å². The molecule has 0 aromatic heterocycles. The van der Waals surface area contributed by atoms with Crippen molar-refractivity contribution in [1.82, 2.24) is 5.32 Å². The average Bonchev–Trinajstić information content (AvgIpc) is 2.95. The van der Waals surface area contributed by atoms with Crippen LogP contribution in [-0.2, 0) is 17.5 Å². The second kappa shape index (κ2) is 6.36. The predicted octanol–water partition coefficient (Wildman–Crippen LogP) is 4.91. The van der Waals surface area contributed by atoms with Crippen molar-refractivity contribution in [1.29, 1.82) is 0 Å². The Morgan fingerprint density at radius 2 is 1.91 bits per heavy atom.